The first-order valence-corrected chi connectivity index (χ1v) is 7.67. The Labute approximate surface area is 125 Å². The van der Waals surface area contributed by atoms with Crippen molar-refractivity contribution in [1.82, 2.24) is 10.2 Å². The van der Waals surface area contributed by atoms with E-state index in [-0.39, 0.29) is 0 Å². The van der Waals surface area contributed by atoms with Crippen LogP contribution in [0.15, 0.2) is 46.9 Å². The van der Waals surface area contributed by atoms with Crippen LogP contribution in [-0.2, 0) is 6.54 Å². The molecule has 0 amide bonds. The highest BCUT2D eigenvalue weighted by atomic mass is 16.4. The number of furan rings is 1. The van der Waals surface area contributed by atoms with E-state index in [4.69, 9.17) is 10.2 Å². The normalized spacial score (nSPS) is 17.1. The molecule has 1 atom stereocenters. The molecule has 4 nitrogen and oxygen atoms in total. The summed E-state index contributed by atoms with van der Waals surface area (Å²) < 4.78 is 5.40. The van der Waals surface area contributed by atoms with Gasteiger partial charge in [-0.05, 0) is 37.6 Å². The Hall–Kier alpha value is -1.78. The van der Waals surface area contributed by atoms with Gasteiger partial charge in [-0.2, -0.15) is 0 Å². The van der Waals surface area contributed by atoms with Gasteiger partial charge in [-0.15, -0.1) is 0 Å². The monoisotopic (exact) mass is 285 g/mol. The van der Waals surface area contributed by atoms with Crippen LogP contribution in [0.25, 0.3) is 0 Å². The molecule has 21 heavy (non-hydrogen) atoms. The summed E-state index contributed by atoms with van der Waals surface area (Å²) in [5, 5.41) is 3.50. The number of likely N-dealkylation sites (tertiary alicyclic amines) is 1. The predicted molar refractivity (Wildman–Crippen MR) is 84.8 cm³/mol. The maximum atomic E-state index is 5.60. The summed E-state index contributed by atoms with van der Waals surface area (Å²) >= 11 is 0. The molecule has 1 aliphatic rings. The predicted octanol–water partition coefficient (Wildman–Crippen LogP) is 2.79. The Bertz CT molecular complexity index is 546. The summed E-state index contributed by atoms with van der Waals surface area (Å²) in [6.07, 6.45) is 2.61. The largest absolute Gasteiger partial charge is 0.445 e. The summed E-state index contributed by atoms with van der Waals surface area (Å²) in [5.74, 6) is 1.37. The fourth-order valence-electron chi connectivity index (χ4n) is 3.01. The Morgan fingerprint density at radius 3 is 2.52 bits per heavy atom. The van der Waals surface area contributed by atoms with Gasteiger partial charge in [0, 0.05) is 18.7 Å². The second-order valence-electron chi connectivity index (χ2n) is 5.60. The Morgan fingerprint density at radius 1 is 1.10 bits per heavy atom. The fraction of sp³-hybridized carbons (Fsp3) is 0.412. The van der Waals surface area contributed by atoms with E-state index in [1.165, 1.54) is 31.5 Å². The first-order chi connectivity index (χ1) is 10.3. The average molecular weight is 285 g/mol. The summed E-state index contributed by atoms with van der Waals surface area (Å²) in [5.41, 5.74) is 6.98. The van der Waals surface area contributed by atoms with Gasteiger partial charge < -0.3 is 15.5 Å². The lowest BCUT2D eigenvalue weighted by Crippen LogP contribution is -2.33. The van der Waals surface area contributed by atoms with Gasteiger partial charge in [-0.1, -0.05) is 30.3 Å². The maximum Gasteiger partial charge on any atom is 0.190 e. The Morgan fingerprint density at radius 2 is 1.86 bits per heavy atom. The van der Waals surface area contributed by atoms with Gasteiger partial charge in [0.25, 0.3) is 0 Å². The topological polar surface area (TPSA) is 54.4 Å². The van der Waals surface area contributed by atoms with Crippen molar-refractivity contribution in [3.8, 4) is 0 Å². The quantitative estimate of drug-likeness (QED) is 0.857. The van der Waals surface area contributed by atoms with E-state index in [0.717, 1.165) is 12.3 Å². The average Bonchev–Trinajstić information content (AvgIpc) is 3.16. The number of hydrogen-bond donors (Lipinski definition) is 2. The molecule has 0 bridgehead atoms. The van der Waals surface area contributed by atoms with E-state index in [1.807, 2.05) is 6.07 Å². The smallest absolute Gasteiger partial charge is 0.190 e. The first-order valence-electron chi connectivity index (χ1n) is 7.67. The standard InChI is InChI=1S/C17H23N3O/c18-17-9-8-15(21-17)12-19-13-16(20-10-4-5-11-20)14-6-2-1-3-7-14/h1-3,6-9,16,19H,4-5,10-13,18H2. The van der Waals surface area contributed by atoms with Crippen molar-refractivity contribution in [2.24, 2.45) is 0 Å². The van der Waals surface area contributed by atoms with Gasteiger partial charge in [0.15, 0.2) is 5.88 Å². The van der Waals surface area contributed by atoms with E-state index >= 15 is 0 Å². The third kappa shape index (κ3) is 3.65. The minimum Gasteiger partial charge on any atom is -0.445 e. The summed E-state index contributed by atoms with van der Waals surface area (Å²) in [6, 6.07) is 14.9. The third-order valence-corrected chi connectivity index (χ3v) is 4.09. The molecule has 1 aliphatic heterocycles. The number of anilines is 1. The lowest BCUT2D eigenvalue weighted by Gasteiger charge is -2.28. The van der Waals surface area contributed by atoms with Crippen LogP contribution in [0.1, 0.15) is 30.2 Å². The number of benzene rings is 1. The molecule has 0 radical (unpaired) electrons. The first kappa shape index (κ1) is 14.2. The van der Waals surface area contributed by atoms with Crippen LogP contribution in [0, 0.1) is 0 Å². The van der Waals surface area contributed by atoms with Gasteiger partial charge in [-0.3, -0.25) is 4.90 Å². The second-order valence-corrected chi connectivity index (χ2v) is 5.60. The van der Waals surface area contributed by atoms with E-state index in [9.17, 15) is 0 Å². The van der Waals surface area contributed by atoms with Crippen molar-refractivity contribution < 1.29 is 4.42 Å². The lowest BCUT2D eigenvalue weighted by molar-refractivity contribution is 0.237. The van der Waals surface area contributed by atoms with Gasteiger partial charge in [0.05, 0.1) is 6.54 Å². The molecular formula is C17H23N3O. The molecular weight excluding hydrogens is 262 g/mol. The number of nitrogens with zero attached hydrogens (tertiary/aromatic N) is 1. The summed E-state index contributed by atoms with van der Waals surface area (Å²) in [7, 11) is 0. The van der Waals surface area contributed by atoms with Crippen molar-refractivity contribution >= 4 is 5.88 Å². The van der Waals surface area contributed by atoms with Crippen LogP contribution in [0.3, 0.4) is 0 Å². The fourth-order valence-corrected chi connectivity index (χ4v) is 3.01. The van der Waals surface area contributed by atoms with Gasteiger partial charge in [0.1, 0.15) is 5.76 Å². The van der Waals surface area contributed by atoms with E-state index in [0.29, 0.717) is 18.5 Å². The number of hydrogen-bond acceptors (Lipinski definition) is 4. The number of rotatable bonds is 6. The summed E-state index contributed by atoms with van der Waals surface area (Å²) in [4.78, 5) is 2.57. The Balaban J connectivity index is 1.62. The third-order valence-electron chi connectivity index (χ3n) is 4.09. The van der Waals surface area contributed by atoms with Crippen LogP contribution in [0.5, 0.6) is 0 Å². The molecule has 1 unspecified atom stereocenters. The Kier molecular flexibility index (Phi) is 4.58. The lowest BCUT2D eigenvalue weighted by atomic mass is 10.1. The van der Waals surface area contributed by atoms with Crippen LogP contribution in [-0.4, -0.2) is 24.5 Å². The van der Waals surface area contributed by atoms with Crippen LogP contribution in [0.4, 0.5) is 5.88 Å². The zero-order valence-electron chi connectivity index (χ0n) is 12.3. The van der Waals surface area contributed by atoms with Crippen LogP contribution in [0.2, 0.25) is 0 Å². The van der Waals surface area contributed by atoms with Crippen molar-refractivity contribution in [1.29, 1.82) is 0 Å². The highest BCUT2D eigenvalue weighted by molar-refractivity contribution is 5.25. The highest BCUT2D eigenvalue weighted by Gasteiger charge is 2.22. The van der Waals surface area contributed by atoms with Crippen LogP contribution >= 0.6 is 0 Å². The molecule has 3 N–H and O–H groups in total. The molecule has 3 rings (SSSR count). The molecule has 0 spiro atoms. The van der Waals surface area contributed by atoms with Crippen molar-refractivity contribution in [2.45, 2.75) is 25.4 Å². The minimum absolute atomic E-state index is 0.431. The van der Waals surface area contributed by atoms with E-state index < -0.39 is 0 Å². The SMILES string of the molecule is Nc1ccc(CNCC(c2ccccc2)N2CCCC2)o1. The van der Waals surface area contributed by atoms with Crippen molar-refractivity contribution in [3.05, 3.63) is 53.8 Å². The number of nitrogens with two attached hydrogens (primary N) is 1. The zero-order valence-corrected chi connectivity index (χ0v) is 12.3. The molecule has 1 saturated heterocycles. The molecule has 112 valence electrons. The molecule has 2 heterocycles. The van der Waals surface area contributed by atoms with E-state index in [1.54, 1.807) is 6.07 Å². The molecule has 1 fully saturated rings. The number of nitrogens with one attached hydrogen (secondary N) is 1. The van der Waals surface area contributed by atoms with E-state index in [2.05, 4.69) is 40.5 Å². The van der Waals surface area contributed by atoms with Crippen molar-refractivity contribution in [3.63, 3.8) is 0 Å². The van der Waals surface area contributed by atoms with Gasteiger partial charge >= 0.3 is 0 Å². The zero-order chi connectivity index (χ0) is 14.5. The molecule has 2 aromatic rings. The molecule has 0 aliphatic carbocycles. The van der Waals surface area contributed by atoms with Crippen LogP contribution < -0.4 is 11.1 Å². The van der Waals surface area contributed by atoms with Gasteiger partial charge in [-0.25, -0.2) is 0 Å². The molecule has 4 heteroatoms. The minimum atomic E-state index is 0.431. The highest BCUT2D eigenvalue weighted by Crippen LogP contribution is 2.24. The molecule has 1 aromatic carbocycles. The second kappa shape index (κ2) is 6.78. The van der Waals surface area contributed by atoms with Gasteiger partial charge in [0.2, 0.25) is 0 Å². The number of nitrogen functional groups attached to an aromatic ring is 1. The molecule has 1 aromatic heterocycles. The summed E-state index contributed by atoms with van der Waals surface area (Å²) in [6.45, 7) is 4.02. The molecule has 0 saturated carbocycles. The van der Waals surface area contributed by atoms with Crippen molar-refractivity contribution in [2.75, 3.05) is 25.4 Å². The maximum absolute atomic E-state index is 5.60.